The fourth-order valence-corrected chi connectivity index (χ4v) is 3.68. The van der Waals surface area contributed by atoms with Crippen LogP contribution in [-0.4, -0.2) is 29.6 Å². The second-order valence-corrected chi connectivity index (χ2v) is 5.84. The van der Waals surface area contributed by atoms with Crippen LogP contribution in [0.4, 0.5) is 5.82 Å². The summed E-state index contributed by atoms with van der Waals surface area (Å²) in [6.45, 7) is 1.94. The minimum absolute atomic E-state index is 0.715. The molecule has 2 unspecified atom stereocenters. The molecular weight excluding hydrogens is 236 g/mol. The van der Waals surface area contributed by atoms with E-state index >= 15 is 0 Å². The molecule has 1 aliphatic carbocycles. The largest absolute Gasteiger partial charge is 0.352 e. The minimum atomic E-state index is 0.715. The molecule has 4 nitrogen and oxygen atoms in total. The Morgan fingerprint density at radius 2 is 2.00 bits per heavy atom. The molecule has 19 heavy (non-hydrogen) atoms. The quantitative estimate of drug-likeness (QED) is 0.906. The third-order valence-corrected chi connectivity index (χ3v) is 4.59. The number of rotatable bonds is 3. The maximum absolute atomic E-state index is 4.64. The average molecular weight is 260 g/mol. The minimum Gasteiger partial charge on any atom is -0.352 e. The first kappa shape index (κ1) is 12.9. The van der Waals surface area contributed by atoms with Crippen molar-refractivity contribution in [2.24, 2.45) is 5.92 Å². The smallest absolute Gasteiger partial charge is 0.147 e. The van der Waals surface area contributed by atoms with E-state index in [1.54, 1.807) is 0 Å². The summed E-state index contributed by atoms with van der Waals surface area (Å²) < 4.78 is 0. The molecule has 1 saturated carbocycles. The number of aromatic nitrogens is 2. The predicted molar refractivity (Wildman–Crippen MR) is 77.1 cm³/mol. The molecule has 0 amide bonds. The van der Waals surface area contributed by atoms with Crippen LogP contribution in [-0.2, 0) is 6.54 Å². The second kappa shape index (κ2) is 5.87. The molecule has 3 rings (SSSR count). The molecule has 1 aliphatic heterocycles. The zero-order valence-corrected chi connectivity index (χ0v) is 11.8. The van der Waals surface area contributed by atoms with E-state index in [-0.39, 0.29) is 0 Å². The molecule has 4 heteroatoms. The number of anilines is 1. The van der Waals surface area contributed by atoms with Crippen molar-refractivity contribution in [1.82, 2.24) is 15.3 Å². The lowest BCUT2D eigenvalue weighted by Crippen LogP contribution is -2.47. The Morgan fingerprint density at radius 1 is 1.16 bits per heavy atom. The highest BCUT2D eigenvalue weighted by Gasteiger charge is 2.33. The van der Waals surface area contributed by atoms with Crippen LogP contribution in [0.3, 0.4) is 0 Å². The normalized spacial score (nSPS) is 27.1. The fraction of sp³-hybridized carbons (Fsp3) is 0.733. The van der Waals surface area contributed by atoms with Crippen LogP contribution >= 0.6 is 0 Å². The zero-order chi connectivity index (χ0) is 13.1. The van der Waals surface area contributed by atoms with Gasteiger partial charge in [0.05, 0.1) is 18.1 Å². The Morgan fingerprint density at radius 3 is 2.79 bits per heavy atom. The molecule has 1 saturated heterocycles. The topological polar surface area (TPSA) is 41.1 Å². The van der Waals surface area contributed by atoms with Gasteiger partial charge in [-0.05, 0) is 38.6 Å². The van der Waals surface area contributed by atoms with Gasteiger partial charge in [0.1, 0.15) is 5.82 Å². The molecule has 2 heterocycles. The van der Waals surface area contributed by atoms with Crippen molar-refractivity contribution < 1.29 is 0 Å². The van der Waals surface area contributed by atoms with E-state index in [0.717, 1.165) is 30.5 Å². The lowest BCUT2D eigenvalue weighted by molar-refractivity contribution is 0.242. The van der Waals surface area contributed by atoms with Crippen molar-refractivity contribution in [3.05, 3.63) is 18.1 Å². The van der Waals surface area contributed by atoms with E-state index < -0.39 is 0 Å². The number of nitrogens with zero attached hydrogens (tertiary/aromatic N) is 3. The highest BCUT2D eigenvalue weighted by molar-refractivity contribution is 5.38. The summed E-state index contributed by atoms with van der Waals surface area (Å²) in [5.41, 5.74) is 1.02. The molecular formula is C15H24N4. The van der Waals surface area contributed by atoms with Gasteiger partial charge in [0.2, 0.25) is 0 Å². The maximum atomic E-state index is 4.64. The van der Waals surface area contributed by atoms with Crippen molar-refractivity contribution in [2.75, 3.05) is 18.5 Å². The standard InChI is InChI=1S/C15H24N4/c1-16-9-13-10-18-15(11-17-13)19-8-4-6-12-5-2-3-7-14(12)19/h10-12,14,16H,2-9H2,1H3. The third-order valence-electron chi connectivity index (χ3n) is 4.59. The maximum Gasteiger partial charge on any atom is 0.147 e. The van der Waals surface area contributed by atoms with Gasteiger partial charge < -0.3 is 10.2 Å². The van der Waals surface area contributed by atoms with Crippen molar-refractivity contribution >= 4 is 5.82 Å². The Kier molecular flexibility index (Phi) is 3.97. The summed E-state index contributed by atoms with van der Waals surface area (Å²) in [6.07, 6.45) is 12.1. The van der Waals surface area contributed by atoms with E-state index in [2.05, 4.69) is 20.2 Å². The van der Waals surface area contributed by atoms with Crippen LogP contribution in [0.5, 0.6) is 0 Å². The van der Waals surface area contributed by atoms with Crippen molar-refractivity contribution in [3.63, 3.8) is 0 Å². The predicted octanol–water partition coefficient (Wildman–Crippen LogP) is 2.36. The molecule has 1 aromatic heterocycles. The first-order valence-corrected chi connectivity index (χ1v) is 7.60. The molecule has 0 bridgehead atoms. The van der Waals surface area contributed by atoms with Crippen molar-refractivity contribution in [3.8, 4) is 0 Å². The fourth-order valence-electron chi connectivity index (χ4n) is 3.68. The van der Waals surface area contributed by atoms with Gasteiger partial charge >= 0.3 is 0 Å². The van der Waals surface area contributed by atoms with Crippen molar-refractivity contribution in [1.29, 1.82) is 0 Å². The highest BCUT2D eigenvalue weighted by Crippen LogP contribution is 2.36. The summed E-state index contributed by atoms with van der Waals surface area (Å²) in [5, 5.41) is 3.11. The number of piperidine rings is 1. The van der Waals surface area contributed by atoms with Crippen LogP contribution < -0.4 is 10.2 Å². The van der Waals surface area contributed by atoms with Gasteiger partial charge in [-0.15, -0.1) is 0 Å². The number of fused-ring (bicyclic) bond motifs is 1. The van der Waals surface area contributed by atoms with Gasteiger partial charge in [0.25, 0.3) is 0 Å². The van der Waals surface area contributed by atoms with Gasteiger partial charge in [0, 0.05) is 19.1 Å². The van der Waals surface area contributed by atoms with Crippen LogP contribution in [0, 0.1) is 5.92 Å². The van der Waals surface area contributed by atoms with E-state index in [0.29, 0.717) is 6.04 Å². The molecule has 2 atom stereocenters. The third kappa shape index (κ3) is 2.73. The lowest BCUT2D eigenvalue weighted by atomic mass is 9.78. The lowest BCUT2D eigenvalue weighted by Gasteiger charge is -2.44. The van der Waals surface area contributed by atoms with Gasteiger partial charge in [-0.25, -0.2) is 4.98 Å². The summed E-state index contributed by atoms with van der Waals surface area (Å²) >= 11 is 0. The van der Waals surface area contributed by atoms with Crippen LogP contribution in [0.25, 0.3) is 0 Å². The van der Waals surface area contributed by atoms with Crippen molar-refractivity contribution in [2.45, 2.75) is 51.1 Å². The summed E-state index contributed by atoms with van der Waals surface area (Å²) in [4.78, 5) is 11.7. The molecule has 1 aromatic rings. The Balaban J connectivity index is 1.75. The zero-order valence-electron chi connectivity index (χ0n) is 11.8. The SMILES string of the molecule is CNCc1cnc(N2CCCC3CCCCC32)cn1. The Hall–Kier alpha value is -1.16. The number of hydrogen-bond donors (Lipinski definition) is 1. The molecule has 1 N–H and O–H groups in total. The van der Waals surface area contributed by atoms with Gasteiger partial charge in [-0.1, -0.05) is 12.8 Å². The van der Waals surface area contributed by atoms with Crippen LogP contribution in [0.1, 0.15) is 44.2 Å². The summed E-state index contributed by atoms with van der Waals surface area (Å²) in [5.74, 6) is 1.97. The number of hydrogen-bond acceptors (Lipinski definition) is 4. The van der Waals surface area contributed by atoms with E-state index in [4.69, 9.17) is 0 Å². The summed E-state index contributed by atoms with van der Waals surface area (Å²) in [6, 6.07) is 0.715. The molecule has 0 aromatic carbocycles. The molecule has 104 valence electrons. The molecule has 2 aliphatic rings. The number of nitrogens with one attached hydrogen (secondary N) is 1. The summed E-state index contributed by atoms with van der Waals surface area (Å²) in [7, 11) is 1.94. The van der Waals surface area contributed by atoms with Gasteiger partial charge in [0.15, 0.2) is 0 Å². The molecule has 0 radical (unpaired) electrons. The second-order valence-electron chi connectivity index (χ2n) is 5.84. The van der Waals surface area contributed by atoms with Crippen LogP contribution in [0.2, 0.25) is 0 Å². The van der Waals surface area contributed by atoms with Crippen LogP contribution in [0.15, 0.2) is 12.4 Å². The average Bonchev–Trinajstić information content (AvgIpc) is 2.48. The van der Waals surface area contributed by atoms with E-state index in [1.165, 1.54) is 38.5 Å². The van der Waals surface area contributed by atoms with Gasteiger partial charge in [-0.2, -0.15) is 0 Å². The first-order chi connectivity index (χ1) is 9.38. The van der Waals surface area contributed by atoms with Gasteiger partial charge in [-0.3, -0.25) is 4.98 Å². The van der Waals surface area contributed by atoms with E-state index in [9.17, 15) is 0 Å². The molecule has 2 fully saturated rings. The Bertz CT molecular complexity index is 401. The highest BCUT2D eigenvalue weighted by atomic mass is 15.2. The Labute approximate surface area is 115 Å². The monoisotopic (exact) mass is 260 g/mol. The first-order valence-electron chi connectivity index (χ1n) is 7.60. The molecule has 0 spiro atoms. The van der Waals surface area contributed by atoms with E-state index in [1.807, 2.05) is 19.4 Å².